The molecule has 180 valence electrons. The van der Waals surface area contributed by atoms with Crippen LogP contribution in [0.1, 0.15) is 39.2 Å². The van der Waals surface area contributed by atoms with E-state index >= 15 is 0 Å². The lowest BCUT2D eigenvalue weighted by molar-refractivity contribution is -0.385. The van der Waals surface area contributed by atoms with Crippen molar-refractivity contribution in [2.45, 2.75) is 38.9 Å². The SMILES string of the molecule is COCCOC(=O)C1=C(C)NC(C)=C(C(=O)OCCSC(C)C)[C@H]1c1ccccc1[N+](=O)[O-]. The van der Waals surface area contributed by atoms with Crippen molar-refractivity contribution < 1.29 is 28.7 Å². The first-order valence-corrected chi connectivity index (χ1v) is 11.6. The molecular formula is C23H30N2O7S. The number of nitrogens with zero attached hydrogens (tertiary/aromatic N) is 1. The van der Waals surface area contributed by atoms with Gasteiger partial charge in [-0.05, 0) is 19.1 Å². The molecule has 2 rings (SSSR count). The first-order valence-electron chi connectivity index (χ1n) is 10.6. The number of rotatable bonds is 11. The Balaban J connectivity index is 2.51. The van der Waals surface area contributed by atoms with Crippen LogP contribution in [0.4, 0.5) is 5.69 Å². The first-order chi connectivity index (χ1) is 15.7. The first kappa shape index (κ1) is 26.4. The standard InChI is InChI=1S/C23H30N2O7S/c1-14(2)33-13-12-32-23(27)20-16(4)24-15(3)19(22(26)31-11-10-30-5)21(20)17-8-6-7-9-18(17)25(28)29/h6-9,14,21,24H,10-13H2,1-5H3/t21-/m0/s1. The van der Waals surface area contributed by atoms with E-state index in [9.17, 15) is 19.7 Å². The third-order valence-electron chi connectivity index (χ3n) is 4.93. The zero-order chi connectivity index (χ0) is 24.5. The Morgan fingerprint density at radius 1 is 1.06 bits per heavy atom. The monoisotopic (exact) mass is 478 g/mol. The van der Waals surface area contributed by atoms with E-state index in [1.54, 1.807) is 37.7 Å². The van der Waals surface area contributed by atoms with Crippen LogP contribution in [0.25, 0.3) is 0 Å². The molecule has 0 aliphatic carbocycles. The van der Waals surface area contributed by atoms with Gasteiger partial charge in [-0.15, -0.1) is 0 Å². The lowest BCUT2D eigenvalue weighted by Gasteiger charge is -2.30. The Kier molecular flexibility index (Phi) is 9.93. The highest BCUT2D eigenvalue weighted by Crippen LogP contribution is 2.42. The second-order valence-corrected chi connectivity index (χ2v) is 9.32. The van der Waals surface area contributed by atoms with Crippen LogP contribution in [0.2, 0.25) is 0 Å². The van der Waals surface area contributed by atoms with E-state index in [1.807, 2.05) is 13.8 Å². The fourth-order valence-corrected chi connectivity index (χ4v) is 4.19. The molecule has 0 bridgehead atoms. The van der Waals surface area contributed by atoms with Crippen LogP contribution in [-0.2, 0) is 23.8 Å². The average Bonchev–Trinajstić information content (AvgIpc) is 2.75. The van der Waals surface area contributed by atoms with Gasteiger partial charge in [0.2, 0.25) is 0 Å². The van der Waals surface area contributed by atoms with Crippen molar-refractivity contribution in [1.82, 2.24) is 5.32 Å². The van der Waals surface area contributed by atoms with E-state index in [2.05, 4.69) is 5.32 Å². The minimum Gasteiger partial charge on any atom is -0.461 e. The highest BCUT2D eigenvalue weighted by molar-refractivity contribution is 7.99. The van der Waals surface area contributed by atoms with Crippen molar-refractivity contribution in [3.05, 3.63) is 62.5 Å². The van der Waals surface area contributed by atoms with Crippen molar-refractivity contribution in [2.75, 3.05) is 32.7 Å². The van der Waals surface area contributed by atoms with Gasteiger partial charge < -0.3 is 19.5 Å². The van der Waals surface area contributed by atoms with Crippen molar-refractivity contribution >= 4 is 29.4 Å². The summed E-state index contributed by atoms with van der Waals surface area (Å²) in [4.78, 5) is 37.4. The van der Waals surface area contributed by atoms with E-state index in [0.29, 0.717) is 22.4 Å². The molecule has 0 saturated carbocycles. The van der Waals surface area contributed by atoms with Crippen LogP contribution in [0.15, 0.2) is 46.8 Å². The molecule has 0 fully saturated rings. The number of nitro benzene ring substituents is 1. The molecule has 1 atom stereocenters. The fraction of sp³-hybridized carbons (Fsp3) is 0.478. The van der Waals surface area contributed by atoms with Crippen molar-refractivity contribution in [1.29, 1.82) is 0 Å². The highest BCUT2D eigenvalue weighted by atomic mass is 32.2. The largest absolute Gasteiger partial charge is 0.461 e. The third kappa shape index (κ3) is 6.82. The number of carbonyl (C=O) groups is 2. The van der Waals surface area contributed by atoms with E-state index in [4.69, 9.17) is 14.2 Å². The summed E-state index contributed by atoms with van der Waals surface area (Å²) in [6.45, 7) is 7.81. The number of nitrogens with one attached hydrogen (secondary N) is 1. The van der Waals surface area contributed by atoms with Crippen molar-refractivity contribution in [2.24, 2.45) is 0 Å². The molecule has 0 aromatic heterocycles. The molecule has 0 amide bonds. The van der Waals surface area contributed by atoms with Crippen LogP contribution < -0.4 is 5.32 Å². The maximum atomic E-state index is 13.2. The molecule has 9 nitrogen and oxygen atoms in total. The molecule has 1 aromatic rings. The van der Waals surface area contributed by atoms with E-state index in [-0.39, 0.29) is 42.2 Å². The van der Waals surface area contributed by atoms with Gasteiger partial charge in [-0.3, -0.25) is 10.1 Å². The average molecular weight is 479 g/mol. The van der Waals surface area contributed by atoms with Crippen LogP contribution in [-0.4, -0.2) is 54.8 Å². The number of benzene rings is 1. The summed E-state index contributed by atoms with van der Waals surface area (Å²) in [5, 5.41) is 15.2. The molecule has 33 heavy (non-hydrogen) atoms. The van der Waals surface area contributed by atoms with Gasteiger partial charge in [0.15, 0.2) is 0 Å². The Bertz CT molecular complexity index is 956. The van der Waals surface area contributed by atoms with Gasteiger partial charge in [-0.25, -0.2) is 9.59 Å². The number of allylic oxidation sites excluding steroid dienone is 2. The third-order valence-corrected chi connectivity index (χ3v) is 6.00. The van der Waals surface area contributed by atoms with Crippen LogP contribution in [0, 0.1) is 10.1 Å². The smallest absolute Gasteiger partial charge is 0.336 e. The maximum Gasteiger partial charge on any atom is 0.336 e. The number of hydrogen-bond acceptors (Lipinski definition) is 9. The summed E-state index contributed by atoms with van der Waals surface area (Å²) in [7, 11) is 1.48. The summed E-state index contributed by atoms with van der Waals surface area (Å²) in [5.41, 5.74) is 1.19. The molecule has 1 N–H and O–H groups in total. The zero-order valence-electron chi connectivity index (χ0n) is 19.5. The fourth-order valence-electron chi connectivity index (χ4n) is 3.54. The van der Waals surface area contributed by atoms with Gasteiger partial charge in [0.1, 0.15) is 13.2 Å². The molecule has 1 aliphatic rings. The molecule has 0 saturated heterocycles. The Labute approximate surface area is 197 Å². The topological polar surface area (TPSA) is 117 Å². The van der Waals surface area contributed by atoms with Gasteiger partial charge in [0.25, 0.3) is 5.69 Å². The normalized spacial score (nSPS) is 16.0. The minimum absolute atomic E-state index is 0.00458. The molecule has 1 aliphatic heterocycles. The minimum atomic E-state index is -1.02. The second-order valence-electron chi connectivity index (χ2n) is 7.64. The molecule has 1 aromatic carbocycles. The summed E-state index contributed by atoms with van der Waals surface area (Å²) in [6.07, 6.45) is 0. The molecule has 1 heterocycles. The predicted octanol–water partition coefficient (Wildman–Crippen LogP) is 3.70. The Hall–Kier alpha value is -2.85. The summed E-state index contributed by atoms with van der Waals surface area (Å²) >= 11 is 1.65. The van der Waals surface area contributed by atoms with Gasteiger partial charge in [-0.2, -0.15) is 11.8 Å². The van der Waals surface area contributed by atoms with E-state index in [0.717, 1.165) is 0 Å². The Morgan fingerprint density at radius 2 is 1.64 bits per heavy atom. The van der Waals surface area contributed by atoms with Gasteiger partial charge >= 0.3 is 11.9 Å². The lowest BCUT2D eigenvalue weighted by atomic mass is 9.79. The van der Waals surface area contributed by atoms with E-state index < -0.39 is 22.8 Å². The maximum absolute atomic E-state index is 13.2. The summed E-state index contributed by atoms with van der Waals surface area (Å²) in [6, 6.07) is 6.05. The van der Waals surface area contributed by atoms with Crippen LogP contribution >= 0.6 is 11.8 Å². The number of thioether (sulfide) groups is 1. The second kappa shape index (κ2) is 12.4. The summed E-state index contributed by atoms with van der Waals surface area (Å²) < 4.78 is 15.7. The molecule has 0 radical (unpaired) electrons. The summed E-state index contributed by atoms with van der Waals surface area (Å²) in [5.74, 6) is -1.73. The number of carbonyl (C=O) groups excluding carboxylic acids is 2. The Morgan fingerprint density at radius 3 is 2.18 bits per heavy atom. The zero-order valence-corrected chi connectivity index (χ0v) is 20.3. The van der Waals surface area contributed by atoms with E-state index in [1.165, 1.54) is 19.2 Å². The molecule has 10 heteroatoms. The predicted molar refractivity (Wildman–Crippen MR) is 126 cm³/mol. The van der Waals surface area contributed by atoms with Crippen LogP contribution in [0.3, 0.4) is 0 Å². The quantitative estimate of drug-likeness (QED) is 0.220. The number of ether oxygens (including phenoxy) is 3. The van der Waals surface area contributed by atoms with Gasteiger partial charge in [-0.1, -0.05) is 32.0 Å². The number of methoxy groups -OCH3 is 1. The van der Waals surface area contributed by atoms with Crippen LogP contribution in [0.5, 0.6) is 0 Å². The van der Waals surface area contributed by atoms with Gasteiger partial charge in [0, 0.05) is 35.9 Å². The number of para-hydroxylation sites is 1. The molecular weight excluding hydrogens is 448 g/mol. The lowest BCUT2D eigenvalue weighted by Crippen LogP contribution is -2.33. The highest BCUT2D eigenvalue weighted by Gasteiger charge is 2.40. The van der Waals surface area contributed by atoms with Gasteiger partial charge in [0.05, 0.1) is 28.6 Å². The van der Waals surface area contributed by atoms with Crippen molar-refractivity contribution in [3.8, 4) is 0 Å². The number of esters is 2. The number of hydrogen-bond donors (Lipinski definition) is 1. The van der Waals surface area contributed by atoms with Crippen molar-refractivity contribution in [3.63, 3.8) is 0 Å². The molecule has 0 spiro atoms. The number of dihydropyridines is 1. The number of nitro groups is 1. The molecule has 0 unspecified atom stereocenters.